The van der Waals surface area contributed by atoms with Gasteiger partial charge in [-0.1, -0.05) is 72.1 Å². The van der Waals surface area contributed by atoms with Crippen LogP contribution in [-0.2, 0) is 6.42 Å². The van der Waals surface area contributed by atoms with Crippen LogP contribution in [0.4, 0.5) is 27.7 Å². The molecule has 2 atom stereocenters. The third-order valence-electron chi connectivity index (χ3n) is 9.00. The first-order chi connectivity index (χ1) is 21.5. The van der Waals surface area contributed by atoms with Crippen molar-refractivity contribution in [1.82, 2.24) is 19.8 Å². The van der Waals surface area contributed by atoms with Crippen LogP contribution in [0, 0.1) is 0 Å². The molecule has 226 valence electrons. The number of halogens is 2. The highest BCUT2D eigenvalue weighted by Crippen LogP contribution is 2.44. The number of nitrogens with zero attached hydrogens (tertiary/aromatic N) is 4. The first-order valence-corrected chi connectivity index (χ1v) is 16.1. The average molecular weight is 630 g/mol. The molecule has 2 amide bonds. The van der Waals surface area contributed by atoms with Crippen LogP contribution in [0.25, 0.3) is 0 Å². The van der Waals surface area contributed by atoms with E-state index in [1.807, 2.05) is 59.5 Å². The molecule has 0 radical (unpaired) electrons. The molecule has 0 saturated carbocycles. The Kier molecular flexibility index (Phi) is 8.06. The number of benzene rings is 3. The molecule has 0 bridgehead atoms. The lowest BCUT2D eigenvalue weighted by atomic mass is 9.93. The van der Waals surface area contributed by atoms with Crippen molar-refractivity contribution in [3.05, 3.63) is 110 Å². The number of likely N-dealkylation sites (tertiary alicyclic amines) is 1. The number of aromatic amines is 1. The zero-order valence-corrected chi connectivity index (χ0v) is 25.8. The zero-order chi connectivity index (χ0) is 30.2. The second kappa shape index (κ2) is 12.3. The summed E-state index contributed by atoms with van der Waals surface area (Å²) >= 11 is 12.9. The molecule has 2 fully saturated rings. The first-order valence-electron chi connectivity index (χ1n) is 15.3. The molecule has 0 spiro atoms. The van der Waals surface area contributed by atoms with Crippen LogP contribution < -0.4 is 15.8 Å². The van der Waals surface area contributed by atoms with Gasteiger partial charge in [0.05, 0.1) is 33.0 Å². The van der Waals surface area contributed by atoms with Gasteiger partial charge in [0.2, 0.25) is 0 Å². The quantitative estimate of drug-likeness (QED) is 0.229. The summed E-state index contributed by atoms with van der Waals surface area (Å²) in [5.41, 5.74) is 3.37. The van der Waals surface area contributed by atoms with Gasteiger partial charge in [0.1, 0.15) is 5.82 Å². The summed E-state index contributed by atoms with van der Waals surface area (Å²) in [5.74, 6) is 0.897. The van der Waals surface area contributed by atoms with E-state index in [-0.39, 0.29) is 23.7 Å². The van der Waals surface area contributed by atoms with E-state index in [9.17, 15) is 9.59 Å². The summed E-state index contributed by atoms with van der Waals surface area (Å²) in [6.45, 7) is 2.59. The summed E-state index contributed by atoms with van der Waals surface area (Å²) in [6.07, 6.45) is 5.48. The molecule has 10 heteroatoms. The van der Waals surface area contributed by atoms with Crippen LogP contribution in [0.2, 0.25) is 10.0 Å². The van der Waals surface area contributed by atoms with Crippen molar-refractivity contribution in [3.8, 4) is 0 Å². The largest absolute Gasteiger partial charge is 0.353 e. The van der Waals surface area contributed by atoms with Gasteiger partial charge in [0.25, 0.3) is 5.56 Å². The first kappa shape index (κ1) is 28.9. The highest BCUT2D eigenvalue weighted by atomic mass is 35.5. The lowest BCUT2D eigenvalue weighted by Gasteiger charge is -2.45. The third kappa shape index (κ3) is 5.36. The van der Waals surface area contributed by atoms with E-state index in [1.54, 1.807) is 23.1 Å². The van der Waals surface area contributed by atoms with Crippen molar-refractivity contribution >= 4 is 52.1 Å². The Hall–Kier alpha value is -3.85. The average Bonchev–Trinajstić information content (AvgIpc) is 3.47. The number of nitrogens with one attached hydrogen (secondary N) is 2. The number of hydrogen-bond acceptors (Lipinski definition) is 5. The summed E-state index contributed by atoms with van der Waals surface area (Å²) in [5, 5.41) is 4.38. The fraction of sp³-hybridized carbons (Fsp3) is 0.324. The molecular weight excluding hydrogens is 595 g/mol. The topological polar surface area (TPSA) is 84.6 Å². The van der Waals surface area contributed by atoms with E-state index in [0.29, 0.717) is 51.6 Å². The lowest BCUT2D eigenvalue weighted by Crippen LogP contribution is -2.55. The maximum atomic E-state index is 14.4. The van der Waals surface area contributed by atoms with Gasteiger partial charge < -0.3 is 15.2 Å². The van der Waals surface area contributed by atoms with Crippen LogP contribution in [0.15, 0.2) is 77.6 Å². The fourth-order valence-corrected chi connectivity index (χ4v) is 7.44. The van der Waals surface area contributed by atoms with Crippen molar-refractivity contribution in [2.45, 2.75) is 50.6 Å². The maximum absolute atomic E-state index is 14.4. The van der Waals surface area contributed by atoms with Crippen LogP contribution in [-0.4, -0.2) is 51.5 Å². The van der Waals surface area contributed by atoms with Gasteiger partial charge in [-0.05, 0) is 74.7 Å². The molecule has 4 aromatic rings. The third-order valence-corrected chi connectivity index (χ3v) is 9.63. The minimum Gasteiger partial charge on any atom is -0.353 e. The van der Waals surface area contributed by atoms with Crippen LogP contribution >= 0.6 is 23.2 Å². The van der Waals surface area contributed by atoms with Crippen molar-refractivity contribution in [3.63, 3.8) is 0 Å². The van der Waals surface area contributed by atoms with Crippen molar-refractivity contribution in [1.29, 1.82) is 0 Å². The normalized spacial score (nSPS) is 20.3. The number of para-hydroxylation sites is 3. The second-order valence-electron chi connectivity index (χ2n) is 11.7. The maximum Gasteiger partial charge on any atom is 0.330 e. The number of rotatable bonds is 6. The van der Waals surface area contributed by atoms with Gasteiger partial charge in [-0.15, -0.1) is 0 Å². The lowest BCUT2D eigenvalue weighted by molar-refractivity contribution is 0.114. The van der Waals surface area contributed by atoms with E-state index in [0.717, 1.165) is 56.4 Å². The van der Waals surface area contributed by atoms with E-state index in [1.165, 1.54) is 0 Å². The number of urea groups is 1. The predicted molar refractivity (Wildman–Crippen MR) is 176 cm³/mol. The molecule has 8 nitrogen and oxygen atoms in total. The molecule has 7 rings (SSSR count). The van der Waals surface area contributed by atoms with E-state index in [4.69, 9.17) is 28.2 Å². The van der Waals surface area contributed by atoms with Gasteiger partial charge >= 0.3 is 6.03 Å². The fourth-order valence-electron chi connectivity index (χ4n) is 6.95. The number of aromatic nitrogens is 2. The Balaban J connectivity index is 1.33. The second-order valence-corrected chi connectivity index (χ2v) is 12.5. The van der Waals surface area contributed by atoms with E-state index < -0.39 is 0 Å². The minimum absolute atomic E-state index is 0.0830. The number of anilines is 4. The van der Waals surface area contributed by atoms with Crippen LogP contribution in [0.5, 0.6) is 0 Å². The SMILES string of the molecule is O=C1N(c2ccccc2)c2nc(Cc3ccccc3Nc3c(Cl)cccc3Cl)[nH]c(=O)c2C2C(N3CCCC3)CCCCN12. The van der Waals surface area contributed by atoms with E-state index in [2.05, 4.69) is 15.2 Å². The summed E-state index contributed by atoms with van der Waals surface area (Å²) < 4.78 is 0. The Morgan fingerprint density at radius 2 is 1.55 bits per heavy atom. The summed E-state index contributed by atoms with van der Waals surface area (Å²) in [4.78, 5) is 42.8. The van der Waals surface area contributed by atoms with Crippen molar-refractivity contribution < 1.29 is 4.79 Å². The number of amides is 2. The van der Waals surface area contributed by atoms with Gasteiger partial charge in [0.15, 0.2) is 5.82 Å². The van der Waals surface area contributed by atoms with Crippen molar-refractivity contribution in [2.24, 2.45) is 0 Å². The molecule has 3 aromatic carbocycles. The van der Waals surface area contributed by atoms with E-state index >= 15 is 0 Å². The predicted octanol–water partition coefficient (Wildman–Crippen LogP) is 7.67. The number of fused-ring (bicyclic) bond motifs is 3. The monoisotopic (exact) mass is 628 g/mol. The standard InChI is InChI=1S/C34H34Cl2N6O2/c35-24-14-10-15-25(36)30(24)37-26-16-5-4-11-22(26)21-28-38-32-29(33(43)39-28)31-27(40-18-8-9-19-40)17-6-7-20-41(31)34(44)42(32)23-12-2-1-3-13-23/h1-5,10-16,27,31,37H,6-9,17-21H2,(H,38,39,43). The minimum atomic E-state index is -0.348. The molecule has 3 aliphatic rings. The Labute approximate surface area is 266 Å². The molecule has 2 unspecified atom stereocenters. The molecule has 44 heavy (non-hydrogen) atoms. The van der Waals surface area contributed by atoms with Crippen molar-refractivity contribution in [2.75, 3.05) is 29.9 Å². The highest BCUT2D eigenvalue weighted by molar-refractivity contribution is 6.39. The molecular formula is C34H34Cl2N6O2. The molecule has 4 heterocycles. The zero-order valence-electron chi connectivity index (χ0n) is 24.3. The molecule has 1 aromatic heterocycles. The molecule has 2 N–H and O–H groups in total. The summed E-state index contributed by atoms with van der Waals surface area (Å²) in [7, 11) is 0. The van der Waals surface area contributed by atoms with Gasteiger partial charge in [-0.25, -0.2) is 14.7 Å². The summed E-state index contributed by atoms with van der Waals surface area (Å²) in [6, 6.07) is 22.3. The smallest absolute Gasteiger partial charge is 0.330 e. The Morgan fingerprint density at radius 1 is 0.841 bits per heavy atom. The Morgan fingerprint density at radius 3 is 2.32 bits per heavy atom. The molecule has 3 aliphatic heterocycles. The van der Waals surface area contributed by atoms with Crippen LogP contribution in [0.1, 0.15) is 55.1 Å². The number of H-pyrrole nitrogens is 1. The molecule has 2 saturated heterocycles. The van der Waals surface area contributed by atoms with Gasteiger partial charge in [-0.2, -0.15) is 0 Å². The number of carbonyl (C=O) groups is 1. The Bertz CT molecular complexity index is 1720. The number of hydrogen-bond donors (Lipinski definition) is 2. The number of carbonyl (C=O) groups excluding carboxylic acids is 1. The van der Waals surface area contributed by atoms with Gasteiger partial charge in [-0.3, -0.25) is 9.69 Å². The molecule has 0 aliphatic carbocycles. The van der Waals surface area contributed by atoms with Crippen LogP contribution in [0.3, 0.4) is 0 Å². The highest BCUT2D eigenvalue weighted by Gasteiger charge is 2.47. The van der Waals surface area contributed by atoms with Gasteiger partial charge in [0, 0.05) is 24.7 Å².